The Kier molecular flexibility index (Phi) is 4.08. The summed E-state index contributed by atoms with van der Waals surface area (Å²) in [5.74, 6) is -0.272. The Labute approximate surface area is 117 Å². The van der Waals surface area contributed by atoms with Crippen LogP contribution in [-0.4, -0.2) is 0 Å². The first-order valence-electron chi connectivity index (χ1n) is 4.92. The first-order chi connectivity index (χ1) is 8.08. The molecule has 0 spiro atoms. The molecule has 88 valence electrons. The lowest BCUT2D eigenvalue weighted by Gasteiger charge is -2.11. The monoisotopic (exact) mass is 332 g/mol. The number of hydrogen-bond donors (Lipinski definition) is 0. The molecular formula is C13H8BrCl2F. The molecule has 17 heavy (non-hydrogen) atoms. The largest absolute Gasteiger partial charge is 0.207 e. The second kappa shape index (κ2) is 5.38. The van der Waals surface area contributed by atoms with Crippen molar-refractivity contribution in [2.24, 2.45) is 0 Å². The van der Waals surface area contributed by atoms with E-state index in [9.17, 15) is 4.39 Å². The highest BCUT2D eigenvalue weighted by molar-refractivity contribution is 9.10. The van der Waals surface area contributed by atoms with Crippen molar-refractivity contribution in [2.45, 2.75) is 5.38 Å². The van der Waals surface area contributed by atoms with Gasteiger partial charge in [0.05, 0.1) is 10.4 Å². The van der Waals surface area contributed by atoms with Gasteiger partial charge in [0.15, 0.2) is 0 Å². The number of alkyl halides is 1. The summed E-state index contributed by atoms with van der Waals surface area (Å²) in [6, 6.07) is 11.7. The van der Waals surface area contributed by atoms with Crippen LogP contribution in [0.3, 0.4) is 0 Å². The van der Waals surface area contributed by atoms with Crippen LogP contribution in [0.1, 0.15) is 16.5 Å². The molecule has 0 saturated carbocycles. The minimum atomic E-state index is -0.332. The van der Waals surface area contributed by atoms with E-state index in [-0.39, 0.29) is 11.2 Å². The van der Waals surface area contributed by atoms with E-state index in [1.807, 2.05) is 12.1 Å². The average Bonchev–Trinajstić information content (AvgIpc) is 2.33. The van der Waals surface area contributed by atoms with Crippen LogP contribution in [0.25, 0.3) is 0 Å². The topological polar surface area (TPSA) is 0 Å². The predicted molar refractivity (Wildman–Crippen MR) is 73.2 cm³/mol. The van der Waals surface area contributed by atoms with Crippen LogP contribution in [0, 0.1) is 5.82 Å². The van der Waals surface area contributed by atoms with Crippen molar-refractivity contribution in [3.8, 4) is 0 Å². The fraction of sp³-hybridized carbons (Fsp3) is 0.0769. The number of benzene rings is 2. The number of rotatable bonds is 2. The highest BCUT2D eigenvalue weighted by Crippen LogP contribution is 2.32. The summed E-state index contributed by atoms with van der Waals surface area (Å²) in [6.45, 7) is 0. The molecule has 0 fully saturated rings. The minimum absolute atomic E-state index is 0.272. The minimum Gasteiger partial charge on any atom is -0.207 e. The van der Waals surface area contributed by atoms with E-state index in [0.29, 0.717) is 5.02 Å². The standard InChI is InChI=1S/C13H8BrCl2F/c14-11-6-3-9(7-12(11)15)13(16)8-1-4-10(17)5-2-8/h1-7,13H. The molecule has 0 aliphatic heterocycles. The summed E-state index contributed by atoms with van der Waals surface area (Å²) in [7, 11) is 0. The third kappa shape index (κ3) is 3.01. The highest BCUT2D eigenvalue weighted by Gasteiger charge is 2.12. The fourth-order valence-electron chi connectivity index (χ4n) is 1.49. The second-order valence-electron chi connectivity index (χ2n) is 3.59. The molecule has 0 bridgehead atoms. The molecule has 0 amide bonds. The van der Waals surface area contributed by atoms with E-state index in [0.717, 1.165) is 15.6 Å². The third-order valence-electron chi connectivity index (χ3n) is 2.40. The fourth-order valence-corrected chi connectivity index (χ4v) is 2.21. The van der Waals surface area contributed by atoms with Crippen molar-refractivity contribution < 1.29 is 4.39 Å². The van der Waals surface area contributed by atoms with Gasteiger partial charge in [0, 0.05) is 4.47 Å². The van der Waals surface area contributed by atoms with Gasteiger partial charge in [0.25, 0.3) is 0 Å². The van der Waals surface area contributed by atoms with E-state index in [4.69, 9.17) is 23.2 Å². The Balaban J connectivity index is 2.33. The molecule has 0 aliphatic carbocycles. The van der Waals surface area contributed by atoms with E-state index < -0.39 is 0 Å². The molecule has 0 heterocycles. The SMILES string of the molecule is Fc1ccc(C(Cl)c2ccc(Br)c(Cl)c2)cc1. The third-order valence-corrected chi connectivity index (χ3v) is 4.14. The first-order valence-corrected chi connectivity index (χ1v) is 6.53. The summed E-state index contributed by atoms with van der Waals surface area (Å²) in [5, 5.41) is 0.275. The van der Waals surface area contributed by atoms with Crippen molar-refractivity contribution in [3.63, 3.8) is 0 Å². The maximum absolute atomic E-state index is 12.8. The molecule has 0 N–H and O–H groups in total. The molecular weight excluding hydrogens is 326 g/mol. The lowest BCUT2D eigenvalue weighted by Crippen LogP contribution is -1.93. The molecule has 1 atom stereocenters. The Morgan fingerprint density at radius 1 is 1.00 bits per heavy atom. The molecule has 4 heteroatoms. The summed E-state index contributed by atoms with van der Waals surface area (Å²) < 4.78 is 13.6. The Hall–Kier alpha value is -0.570. The van der Waals surface area contributed by atoms with Crippen LogP contribution < -0.4 is 0 Å². The van der Waals surface area contributed by atoms with Gasteiger partial charge in [-0.1, -0.05) is 29.8 Å². The lowest BCUT2D eigenvalue weighted by atomic mass is 10.0. The normalized spacial score (nSPS) is 12.5. The zero-order valence-corrected chi connectivity index (χ0v) is 11.7. The van der Waals surface area contributed by atoms with Crippen LogP contribution in [0.2, 0.25) is 5.02 Å². The predicted octanol–water partition coefficient (Wildman–Crippen LogP) is 5.57. The van der Waals surface area contributed by atoms with Gasteiger partial charge in [-0.15, -0.1) is 11.6 Å². The Bertz CT molecular complexity index is 525. The maximum atomic E-state index is 12.8. The van der Waals surface area contributed by atoms with Crippen molar-refractivity contribution >= 4 is 39.1 Å². The average molecular weight is 334 g/mol. The molecule has 0 aliphatic rings. The Morgan fingerprint density at radius 2 is 1.59 bits per heavy atom. The molecule has 0 nitrogen and oxygen atoms in total. The van der Waals surface area contributed by atoms with Gasteiger partial charge < -0.3 is 0 Å². The molecule has 0 saturated heterocycles. The Morgan fingerprint density at radius 3 is 2.18 bits per heavy atom. The molecule has 2 aromatic rings. The summed E-state index contributed by atoms with van der Waals surface area (Å²) in [6.07, 6.45) is 0. The maximum Gasteiger partial charge on any atom is 0.123 e. The van der Waals surface area contributed by atoms with Gasteiger partial charge in [-0.3, -0.25) is 0 Å². The highest BCUT2D eigenvalue weighted by atomic mass is 79.9. The molecule has 0 aromatic heterocycles. The van der Waals surface area contributed by atoms with E-state index in [1.54, 1.807) is 18.2 Å². The van der Waals surface area contributed by atoms with Gasteiger partial charge in [-0.05, 0) is 51.3 Å². The molecule has 2 aromatic carbocycles. The van der Waals surface area contributed by atoms with Crippen molar-refractivity contribution in [1.29, 1.82) is 0 Å². The van der Waals surface area contributed by atoms with Crippen LogP contribution in [0.15, 0.2) is 46.9 Å². The van der Waals surface area contributed by atoms with Crippen LogP contribution in [-0.2, 0) is 0 Å². The van der Waals surface area contributed by atoms with Gasteiger partial charge in [0.2, 0.25) is 0 Å². The summed E-state index contributed by atoms with van der Waals surface area (Å²) >= 11 is 15.6. The summed E-state index contributed by atoms with van der Waals surface area (Å²) in [5.41, 5.74) is 1.72. The first kappa shape index (κ1) is 12.9. The quantitative estimate of drug-likeness (QED) is 0.630. The van der Waals surface area contributed by atoms with E-state index in [1.165, 1.54) is 12.1 Å². The van der Waals surface area contributed by atoms with Crippen molar-refractivity contribution in [1.82, 2.24) is 0 Å². The van der Waals surface area contributed by atoms with Crippen LogP contribution >= 0.6 is 39.1 Å². The van der Waals surface area contributed by atoms with Gasteiger partial charge in [0.1, 0.15) is 5.82 Å². The smallest absolute Gasteiger partial charge is 0.123 e. The summed E-state index contributed by atoms with van der Waals surface area (Å²) in [4.78, 5) is 0. The lowest BCUT2D eigenvalue weighted by molar-refractivity contribution is 0.627. The zero-order valence-electron chi connectivity index (χ0n) is 8.63. The van der Waals surface area contributed by atoms with Crippen LogP contribution in [0.5, 0.6) is 0 Å². The van der Waals surface area contributed by atoms with Crippen LogP contribution in [0.4, 0.5) is 4.39 Å². The van der Waals surface area contributed by atoms with Crippen molar-refractivity contribution in [2.75, 3.05) is 0 Å². The second-order valence-corrected chi connectivity index (χ2v) is 5.29. The number of hydrogen-bond acceptors (Lipinski definition) is 0. The van der Waals surface area contributed by atoms with E-state index in [2.05, 4.69) is 15.9 Å². The van der Waals surface area contributed by atoms with Gasteiger partial charge in [-0.2, -0.15) is 0 Å². The molecule has 2 rings (SSSR count). The molecule has 0 radical (unpaired) electrons. The van der Waals surface area contributed by atoms with E-state index >= 15 is 0 Å². The van der Waals surface area contributed by atoms with Crippen molar-refractivity contribution in [3.05, 3.63) is 68.9 Å². The van der Waals surface area contributed by atoms with Gasteiger partial charge in [-0.25, -0.2) is 4.39 Å². The molecule has 1 unspecified atom stereocenters. The number of halogens is 4. The van der Waals surface area contributed by atoms with Gasteiger partial charge >= 0.3 is 0 Å². The zero-order chi connectivity index (χ0) is 12.4.